The molecule has 1 aromatic carbocycles. The zero-order chi connectivity index (χ0) is 22.9. The van der Waals surface area contributed by atoms with Gasteiger partial charge in [-0.25, -0.2) is 4.99 Å². The molecule has 0 radical (unpaired) electrons. The van der Waals surface area contributed by atoms with Crippen molar-refractivity contribution in [1.82, 2.24) is 25.7 Å². The minimum Gasteiger partial charge on any atom is -0.420 e. The minimum absolute atomic E-state index is 0.222. The number of nitrogens with one attached hydrogen (secondary N) is 2. The van der Waals surface area contributed by atoms with E-state index in [9.17, 15) is 4.21 Å². The average molecular weight is 483 g/mol. The zero-order valence-corrected chi connectivity index (χ0v) is 19.9. The first-order valence-electron chi connectivity index (χ1n) is 12.2. The van der Waals surface area contributed by atoms with Crippen molar-refractivity contribution in [3.05, 3.63) is 46.8 Å². The van der Waals surface area contributed by atoms with Crippen molar-refractivity contribution in [1.29, 1.82) is 0 Å². The van der Waals surface area contributed by atoms with Crippen molar-refractivity contribution in [3.8, 4) is 11.5 Å². The highest BCUT2D eigenvalue weighted by atomic mass is 32.2. The fraction of sp³-hybridized carbons (Fsp3) is 0.542. The quantitative estimate of drug-likeness (QED) is 0.684. The van der Waals surface area contributed by atoms with E-state index in [2.05, 4.69) is 25.7 Å². The van der Waals surface area contributed by atoms with E-state index in [0.717, 1.165) is 80.5 Å². The second-order valence-corrected chi connectivity index (χ2v) is 10.8. The Balaban J connectivity index is 1.13. The van der Waals surface area contributed by atoms with Crippen molar-refractivity contribution in [2.75, 3.05) is 32.1 Å². The molecule has 4 aliphatic rings. The van der Waals surface area contributed by atoms with Gasteiger partial charge in [-0.1, -0.05) is 18.2 Å². The Bertz CT molecular complexity index is 1100. The predicted octanol–water partition coefficient (Wildman–Crippen LogP) is 2.33. The molecule has 180 valence electrons. The van der Waals surface area contributed by atoms with Crippen LogP contribution in [0.2, 0.25) is 0 Å². The third-order valence-corrected chi connectivity index (χ3v) is 8.60. The van der Waals surface area contributed by atoms with Gasteiger partial charge in [-0.15, -0.1) is 10.2 Å². The lowest BCUT2D eigenvalue weighted by Gasteiger charge is -2.37. The molecule has 2 saturated heterocycles. The number of guanidine groups is 1. The summed E-state index contributed by atoms with van der Waals surface area (Å²) in [4.78, 5) is 8.25. The maximum absolute atomic E-state index is 12.7. The maximum atomic E-state index is 12.7. The first kappa shape index (κ1) is 21.9. The van der Waals surface area contributed by atoms with E-state index in [1.807, 2.05) is 30.3 Å². The van der Waals surface area contributed by atoms with E-state index in [-0.39, 0.29) is 12.1 Å². The third-order valence-electron chi connectivity index (χ3n) is 7.06. The summed E-state index contributed by atoms with van der Waals surface area (Å²) in [6.07, 6.45) is 4.36. The largest absolute Gasteiger partial charge is 0.420 e. The number of piperidine rings is 1. The van der Waals surface area contributed by atoms with Gasteiger partial charge in [0.2, 0.25) is 11.8 Å². The van der Waals surface area contributed by atoms with Crippen molar-refractivity contribution < 1.29 is 13.4 Å². The van der Waals surface area contributed by atoms with E-state index in [4.69, 9.17) is 14.1 Å². The summed E-state index contributed by atoms with van der Waals surface area (Å²) >= 11 is 0. The summed E-state index contributed by atoms with van der Waals surface area (Å²) in [6, 6.07) is 10.2. The molecular weight excluding hydrogens is 452 g/mol. The fourth-order valence-electron chi connectivity index (χ4n) is 5.12. The average Bonchev–Trinajstić information content (AvgIpc) is 3.53. The first-order chi connectivity index (χ1) is 16.7. The van der Waals surface area contributed by atoms with Crippen LogP contribution in [0.15, 0.2) is 50.3 Å². The molecule has 2 fully saturated rings. The van der Waals surface area contributed by atoms with Crippen LogP contribution in [0.4, 0.5) is 0 Å². The van der Waals surface area contributed by atoms with Gasteiger partial charge in [0.05, 0.1) is 15.7 Å². The van der Waals surface area contributed by atoms with E-state index in [1.165, 1.54) is 0 Å². The van der Waals surface area contributed by atoms with Crippen LogP contribution in [0, 0.1) is 0 Å². The Morgan fingerprint density at radius 3 is 2.65 bits per heavy atom. The number of benzene rings is 1. The van der Waals surface area contributed by atoms with Crippen LogP contribution < -0.4 is 10.6 Å². The SMILES string of the molecule is O=S1CCC2=C1C(NC1CCOCC1)N=C(N1CCC(c3nnc(-c4ccccc4)o3)CC1)N2. The number of nitrogens with zero attached hydrogens (tertiary/aromatic N) is 4. The summed E-state index contributed by atoms with van der Waals surface area (Å²) < 4.78 is 24.2. The second-order valence-electron chi connectivity index (χ2n) is 9.25. The molecular formula is C24H30N6O3S. The third kappa shape index (κ3) is 4.42. The summed E-state index contributed by atoms with van der Waals surface area (Å²) in [5.41, 5.74) is 2.03. The number of hydrogen-bond donors (Lipinski definition) is 2. The van der Waals surface area contributed by atoms with Gasteiger partial charge in [0.1, 0.15) is 6.17 Å². The van der Waals surface area contributed by atoms with Crippen LogP contribution in [-0.2, 0) is 15.5 Å². The first-order valence-corrected chi connectivity index (χ1v) is 13.5. The molecule has 2 aromatic rings. The molecule has 6 rings (SSSR count). The van der Waals surface area contributed by atoms with E-state index < -0.39 is 10.8 Å². The number of likely N-dealkylation sites (tertiary alicyclic amines) is 1. The molecule has 0 bridgehead atoms. The lowest BCUT2D eigenvalue weighted by atomic mass is 9.97. The molecule has 9 nitrogen and oxygen atoms in total. The van der Waals surface area contributed by atoms with Crippen molar-refractivity contribution in [2.24, 2.45) is 4.99 Å². The summed E-state index contributed by atoms with van der Waals surface area (Å²) in [6.45, 7) is 3.25. The van der Waals surface area contributed by atoms with Gasteiger partial charge in [0.25, 0.3) is 0 Å². The minimum atomic E-state index is -0.968. The molecule has 2 N–H and O–H groups in total. The zero-order valence-electron chi connectivity index (χ0n) is 19.1. The van der Waals surface area contributed by atoms with Gasteiger partial charge in [-0.2, -0.15) is 0 Å². The normalized spacial score (nSPS) is 26.4. The number of aliphatic imine (C=N–C) groups is 1. The molecule has 34 heavy (non-hydrogen) atoms. The van der Waals surface area contributed by atoms with Crippen LogP contribution in [0.5, 0.6) is 0 Å². The highest BCUT2D eigenvalue weighted by Gasteiger charge is 2.36. The topological polar surface area (TPSA) is 105 Å². The standard InChI is InChI=1S/C24H30N6O3S/c31-34-15-10-19-20(34)21(25-18-8-13-32-14-9-18)27-24(26-19)30-11-6-17(7-12-30)23-29-28-22(33-23)16-4-2-1-3-5-16/h1-5,17-18,21,25H,6-15H2,(H,26,27). The number of rotatable bonds is 4. The summed E-state index contributed by atoms with van der Waals surface area (Å²) in [5, 5.41) is 15.8. The molecule has 0 aliphatic carbocycles. The van der Waals surface area contributed by atoms with Gasteiger partial charge in [-0.3, -0.25) is 9.53 Å². The van der Waals surface area contributed by atoms with E-state index >= 15 is 0 Å². The molecule has 10 heteroatoms. The lowest BCUT2D eigenvalue weighted by molar-refractivity contribution is 0.0763. The molecule has 0 spiro atoms. The van der Waals surface area contributed by atoms with Crippen LogP contribution in [0.25, 0.3) is 11.5 Å². The van der Waals surface area contributed by atoms with Crippen LogP contribution >= 0.6 is 0 Å². The predicted molar refractivity (Wildman–Crippen MR) is 129 cm³/mol. The highest BCUT2D eigenvalue weighted by molar-refractivity contribution is 7.89. The van der Waals surface area contributed by atoms with Crippen molar-refractivity contribution >= 4 is 16.8 Å². The van der Waals surface area contributed by atoms with E-state index in [1.54, 1.807) is 0 Å². The maximum Gasteiger partial charge on any atom is 0.247 e. The van der Waals surface area contributed by atoms with Gasteiger partial charge < -0.3 is 19.4 Å². The Hall–Kier alpha value is -2.56. The number of ether oxygens (including phenoxy) is 1. The molecule has 2 atom stereocenters. The van der Waals surface area contributed by atoms with Crippen molar-refractivity contribution in [3.63, 3.8) is 0 Å². The van der Waals surface area contributed by atoms with Gasteiger partial charge in [0, 0.05) is 61.7 Å². The monoisotopic (exact) mass is 482 g/mol. The molecule has 0 saturated carbocycles. The number of hydrogen-bond acceptors (Lipinski definition) is 9. The Morgan fingerprint density at radius 2 is 1.85 bits per heavy atom. The Morgan fingerprint density at radius 1 is 1.06 bits per heavy atom. The Labute approximate surface area is 201 Å². The molecule has 2 unspecified atom stereocenters. The fourth-order valence-corrected chi connectivity index (χ4v) is 6.53. The number of allylic oxidation sites excluding steroid dienone is 1. The lowest BCUT2D eigenvalue weighted by Crippen LogP contribution is -2.51. The molecule has 4 aliphatic heterocycles. The smallest absolute Gasteiger partial charge is 0.247 e. The Kier molecular flexibility index (Phi) is 6.19. The van der Waals surface area contributed by atoms with Gasteiger partial charge in [0.15, 0.2) is 5.96 Å². The van der Waals surface area contributed by atoms with Crippen molar-refractivity contribution in [2.45, 2.75) is 50.2 Å². The van der Waals surface area contributed by atoms with Crippen LogP contribution in [-0.4, -0.2) is 69.5 Å². The van der Waals surface area contributed by atoms with Crippen LogP contribution in [0.3, 0.4) is 0 Å². The summed E-state index contributed by atoms with van der Waals surface area (Å²) in [7, 11) is -0.968. The van der Waals surface area contributed by atoms with E-state index in [0.29, 0.717) is 23.6 Å². The molecule has 0 amide bonds. The van der Waals surface area contributed by atoms with Gasteiger partial charge in [-0.05, 0) is 37.8 Å². The van der Waals surface area contributed by atoms with Gasteiger partial charge >= 0.3 is 0 Å². The molecule has 1 aromatic heterocycles. The number of aromatic nitrogens is 2. The molecule has 5 heterocycles. The van der Waals surface area contributed by atoms with Crippen LogP contribution in [0.1, 0.15) is 43.9 Å². The summed E-state index contributed by atoms with van der Waals surface area (Å²) in [5.74, 6) is 3.10. The highest BCUT2D eigenvalue weighted by Crippen LogP contribution is 2.32. The second kappa shape index (κ2) is 9.59.